The first kappa shape index (κ1) is 16.9. The van der Waals surface area contributed by atoms with E-state index in [2.05, 4.69) is 5.32 Å². The van der Waals surface area contributed by atoms with Gasteiger partial charge in [0.05, 0.1) is 10.5 Å². The maximum absolute atomic E-state index is 11.9. The van der Waals surface area contributed by atoms with Crippen molar-refractivity contribution in [2.24, 2.45) is 0 Å². The fraction of sp³-hybridized carbons (Fsp3) is 0.500. The highest BCUT2D eigenvalue weighted by Gasteiger charge is 2.16. The van der Waals surface area contributed by atoms with Crippen LogP contribution in [0.3, 0.4) is 0 Å². The SMILES string of the molecule is O=Cc1cc([N+](=O)[O-])ccc1OCC(=O)NC1CCCCCC1. The maximum Gasteiger partial charge on any atom is 0.270 e. The number of nitro benzene ring substituents is 1. The molecular formula is C16H20N2O5. The van der Waals surface area contributed by atoms with E-state index in [4.69, 9.17) is 4.74 Å². The smallest absolute Gasteiger partial charge is 0.270 e. The van der Waals surface area contributed by atoms with Gasteiger partial charge in [-0.15, -0.1) is 0 Å². The number of carbonyl (C=O) groups excluding carboxylic acids is 2. The molecule has 7 heteroatoms. The van der Waals surface area contributed by atoms with E-state index in [0.717, 1.165) is 31.7 Å². The van der Waals surface area contributed by atoms with Crippen molar-refractivity contribution in [2.75, 3.05) is 6.61 Å². The Labute approximate surface area is 134 Å². The third kappa shape index (κ3) is 5.05. The molecule has 0 radical (unpaired) electrons. The van der Waals surface area contributed by atoms with Crippen LogP contribution in [0, 0.1) is 10.1 Å². The zero-order chi connectivity index (χ0) is 16.7. The third-order valence-corrected chi connectivity index (χ3v) is 3.91. The zero-order valence-corrected chi connectivity index (χ0v) is 12.8. The quantitative estimate of drug-likeness (QED) is 0.376. The predicted molar refractivity (Wildman–Crippen MR) is 83.6 cm³/mol. The zero-order valence-electron chi connectivity index (χ0n) is 12.8. The summed E-state index contributed by atoms with van der Waals surface area (Å²) in [6.45, 7) is -0.213. The molecular weight excluding hydrogens is 300 g/mol. The van der Waals surface area contributed by atoms with E-state index in [-0.39, 0.29) is 35.6 Å². The summed E-state index contributed by atoms with van der Waals surface area (Å²) >= 11 is 0. The summed E-state index contributed by atoms with van der Waals surface area (Å²) in [4.78, 5) is 33.0. The van der Waals surface area contributed by atoms with E-state index >= 15 is 0 Å². The second-order valence-corrected chi connectivity index (χ2v) is 5.64. The van der Waals surface area contributed by atoms with Crippen LogP contribution in [0.2, 0.25) is 0 Å². The molecule has 0 aromatic heterocycles. The molecule has 1 aliphatic carbocycles. The molecule has 1 fully saturated rings. The first-order chi connectivity index (χ1) is 11.1. The van der Waals surface area contributed by atoms with Crippen molar-refractivity contribution >= 4 is 17.9 Å². The molecule has 0 heterocycles. The highest BCUT2D eigenvalue weighted by molar-refractivity contribution is 5.82. The largest absolute Gasteiger partial charge is 0.483 e. The van der Waals surface area contributed by atoms with Crippen molar-refractivity contribution in [3.63, 3.8) is 0 Å². The fourth-order valence-corrected chi connectivity index (χ4v) is 2.71. The Morgan fingerprint density at radius 3 is 2.61 bits per heavy atom. The molecule has 7 nitrogen and oxygen atoms in total. The normalized spacial score (nSPS) is 15.5. The minimum atomic E-state index is -0.588. The highest BCUT2D eigenvalue weighted by Crippen LogP contribution is 2.23. The summed E-state index contributed by atoms with van der Waals surface area (Å²) in [5.74, 6) is -0.0753. The molecule has 124 valence electrons. The van der Waals surface area contributed by atoms with Crippen LogP contribution in [0.15, 0.2) is 18.2 Å². The minimum Gasteiger partial charge on any atom is -0.483 e. The van der Waals surface area contributed by atoms with Crippen LogP contribution in [0.1, 0.15) is 48.9 Å². The number of nitrogens with one attached hydrogen (secondary N) is 1. The number of aldehydes is 1. The van der Waals surface area contributed by atoms with Crippen LogP contribution in [-0.4, -0.2) is 29.8 Å². The first-order valence-electron chi connectivity index (χ1n) is 7.76. The van der Waals surface area contributed by atoms with E-state index < -0.39 is 4.92 Å². The van der Waals surface area contributed by atoms with E-state index in [9.17, 15) is 19.7 Å². The Kier molecular flexibility index (Phi) is 6.08. The Morgan fingerprint density at radius 1 is 1.30 bits per heavy atom. The van der Waals surface area contributed by atoms with E-state index in [1.54, 1.807) is 0 Å². The average molecular weight is 320 g/mol. The summed E-state index contributed by atoms with van der Waals surface area (Å²) in [5, 5.41) is 13.6. The Bertz CT molecular complexity index is 580. The van der Waals surface area contributed by atoms with Gasteiger partial charge in [0.15, 0.2) is 12.9 Å². The van der Waals surface area contributed by atoms with Crippen molar-refractivity contribution in [3.05, 3.63) is 33.9 Å². The lowest BCUT2D eigenvalue weighted by molar-refractivity contribution is -0.384. The molecule has 0 bridgehead atoms. The number of hydrogen-bond acceptors (Lipinski definition) is 5. The molecule has 0 aliphatic heterocycles. The van der Waals surface area contributed by atoms with Crippen LogP contribution < -0.4 is 10.1 Å². The summed E-state index contributed by atoms with van der Waals surface area (Å²) in [6.07, 6.45) is 7.06. The summed E-state index contributed by atoms with van der Waals surface area (Å²) in [7, 11) is 0. The van der Waals surface area contributed by atoms with E-state index in [1.807, 2.05) is 0 Å². The number of nitrogens with zero attached hydrogens (tertiary/aromatic N) is 1. The number of nitro groups is 1. The number of carbonyl (C=O) groups is 2. The second kappa shape index (κ2) is 8.26. The minimum absolute atomic E-state index is 0.0569. The topological polar surface area (TPSA) is 98.5 Å². The molecule has 1 N–H and O–H groups in total. The lowest BCUT2D eigenvalue weighted by Gasteiger charge is -2.16. The lowest BCUT2D eigenvalue weighted by Crippen LogP contribution is -2.37. The summed E-state index contributed by atoms with van der Waals surface area (Å²) < 4.78 is 5.33. The van der Waals surface area contributed by atoms with E-state index in [1.165, 1.54) is 25.0 Å². The van der Waals surface area contributed by atoms with Crippen LogP contribution in [0.5, 0.6) is 5.75 Å². The number of rotatable bonds is 6. The van der Waals surface area contributed by atoms with Crippen molar-refractivity contribution in [3.8, 4) is 5.75 Å². The first-order valence-corrected chi connectivity index (χ1v) is 7.76. The highest BCUT2D eigenvalue weighted by atomic mass is 16.6. The molecule has 0 unspecified atom stereocenters. The van der Waals surface area contributed by atoms with Crippen molar-refractivity contribution < 1.29 is 19.2 Å². The predicted octanol–water partition coefficient (Wildman–Crippen LogP) is 2.63. The van der Waals surface area contributed by atoms with Gasteiger partial charge in [-0.05, 0) is 18.9 Å². The molecule has 1 amide bonds. The maximum atomic E-state index is 11.9. The average Bonchev–Trinajstić information content (AvgIpc) is 2.81. The molecule has 23 heavy (non-hydrogen) atoms. The van der Waals surface area contributed by atoms with Crippen molar-refractivity contribution in [1.82, 2.24) is 5.32 Å². The molecule has 0 saturated heterocycles. The Hall–Kier alpha value is -2.44. The molecule has 1 aromatic rings. The Morgan fingerprint density at radius 2 is 2.00 bits per heavy atom. The van der Waals surface area contributed by atoms with Gasteiger partial charge < -0.3 is 10.1 Å². The van der Waals surface area contributed by atoms with E-state index in [0.29, 0.717) is 6.29 Å². The summed E-state index contributed by atoms with van der Waals surface area (Å²) in [6, 6.07) is 3.88. The monoisotopic (exact) mass is 320 g/mol. The fourth-order valence-electron chi connectivity index (χ4n) is 2.71. The standard InChI is InChI=1S/C16H20N2O5/c19-10-12-9-14(18(21)22)7-8-15(12)23-11-16(20)17-13-5-3-1-2-4-6-13/h7-10,13H,1-6,11H2,(H,17,20). The molecule has 0 atom stereocenters. The van der Waals surface area contributed by atoms with Crippen LogP contribution in [0.4, 0.5) is 5.69 Å². The van der Waals surface area contributed by atoms with Gasteiger partial charge in [0.25, 0.3) is 11.6 Å². The van der Waals surface area contributed by atoms with Gasteiger partial charge >= 0.3 is 0 Å². The summed E-state index contributed by atoms with van der Waals surface area (Å²) in [5.41, 5.74) is -0.135. The van der Waals surface area contributed by atoms with Gasteiger partial charge in [-0.3, -0.25) is 19.7 Å². The van der Waals surface area contributed by atoms with Crippen LogP contribution >= 0.6 is 0 Å². The molecule has 1 saturated carbocycles. The van der Waals surface area contributed by atoms with Crippen LogP contribution in [-0.2, 0) is 4.79 Å². The number of benzene rings is 1. The van der Waals surface area contributed by atoms with Gasteiger partial charge in [-0.2, -0.15) is 0 Å². The lowest BCUT2D eigenvalue weighted by atomic mass is 10.1. The molecule has 0 spiro atoms. The van der Waals surface area contributed by atoms with Gasteiger partial charge in [-0.1, -0.05) is 25.7 Å². The number of amides is 1. The number of non-ortho nitro benzene ring substituents is 1. The van der Waals surface area contributed by atoms with Crippen LogP contribution in [0.25, 0.3) is 0 Å². The molecule has 1 aliphatic rings. The van der Waals surface area contributed by atoms with Gasteiger partial charge in [0.2, 0.25) is 0 Å². The third-order valence-electron chi connectivity index (χ3n) is 3.91. The number of ether oxygens (including phenoxy) is 1. The van der Waals surface area contributed by atoms with Gasteiger partial charge in [0.1, 0.15) is 5.75 Å². The Balaban J connectivity index is 1.90. The second-order valence-electron chi connectivity index (χ2n) is 5.64. The molecule has 2 rings (SSSR count). The van der Waals surface area contributed by atoms with Gasteiger partial charge in [-0.25, -0.2) is 0 Å². The van der Waals surface area contributed by atoms with Crippen molar-refractivity contribution in [1.29, 1.82) is 0 Å². The number of hydrogen-bond donors (Lipinski definition) is 1. The molecule has 1 aromatic carbocycles. The van der Waals surface area contributed by atoms with Crippen molar-refractivity contribution in [2.45, 2.75) is 44.6 Å². The van der Waals surface area contributed by atoms with Gasteiger partial charge in [0, 0.05) is 18.2 Å².